The van der Waals surface area contributed by atoms with E-state index in [1.165, 1.54) is 12.8 Å². The first-order valence-electron chi connectivity index (χ1n) is 5.71. The van der Waals surface area contributed by atoms with Crippen molar-refractivity contribution >= 4 is 0 Å². The Labute approximate surface area is 87.2 Å². The van der Waals surface area contributed by atoms with Crippen LogP contribution in [0.1, 0.15) is 40.0 Å². The molecule has 0 saturated carbocycles. The molecule has 1 saturated heterocycles. The predicted octanol–water partition coefficient (Wildman–Crippen LogP) is 1.92. The summed E-state index contributed by atoms with van der Waals surface area (Å²) >= 11 is 0. The lowest BCUT2D eigenvalue weighted by Crippen LogP contribution is -2.35. The topological polar surface area (TPSA) is 30.5 Å². The minimum Gasteiger partial charge on any atom is -0.348 e. The molecule has 1 N–H and O–H groups in total. The maximum Gasteiger partial charge on any atom is 0.166 e. The molecule has 3 heteroatoms. The summed E-state index contributed by atoms with van der Waals surface area (Å²) < 4.78 is 11.1. The molecule has 1 aliphatic heterocycles. The van der Waals surface area contributed by atoms with Crippen LogP contribution in [0.4, 0.5) is 0 Å². The van der Waals surface area contributed by atoms with Gasteiger partial charge in [0.15, 0.2) is 5.79 Å². The summed E-state index contributed by atoms with van der Waals surface area (Å²) in [4.78, 5) is 0. The molecular weight excluding hydrogens is 178 g/mol. The third-order valence-corrected chi connectivity index (χ3v) is 2.90. The van der Waals surface area contributed by atoms with Gasteiger partial charge in [-0.25, -0.2) is 0 Å². The van der Waals surface area contributed by atoms with Crippen LogP contribution in [0.5, 0.6) is 0 Å². The molecule has 14 heavy (non-hydrogen) atoms. The molecule has 0 amide bonds. The van der Waals surface area contributed by atoms with E-state index < -0.39 is 0 Å². The number of hydrogen-bond donors (Lipinski definition) is 1. The van der Waals surface area contributed by atoms with E-state index in [-0.39, 0.29) is 5.79 Å². The molecule has 1 fully saturated rings. The highest BCUT2D eigenvalue weighted by atomic mass is 16.7. The average Bonchev–Trinajstić information content (AvgIpc) is 2.60. The lowest BCUT2D eigenvalue weighted by Gasteiger charge is -2.23. The third kappa shape index (κ3) is 3.56. The summed E-state index contributed by atoms with van der Waals surface area (Å²) in [5.41, 5.74) is 0. The van der Waals surface area contributed by atoms with E-state index in [4.69, 9.17) is 9.47 Å². The SMILES string of the molecule is CCC(CC)NCCC1(C)OCCO1. The van der Waals surface area contributed by atoms with Crippen LogP contribution in [0.25, 0.3) is 0 Å². The zero-order chi connectivity index (χ0) is 10.4. The van der Waals surface area contributed by atoms with E-state index in [1.807, 2.05) is 6.92 Å². The molecule has 1 heterocycles. The van der Waals surface area contributed by atoms with Gasteiger partial charge in [-0.05, 0) is 19.8 Å². The van der Waals surface area contributed by atoms with Gasteiger partial charge in [0.2, 0.25) is 0 Å². The van der Waals surface area contributed by atoms with Gasteiger partial charge in [-0.3, -0.25) is 0 Å². The van der Waals surface area contributed by atoms with Crippen LogP contribution in [0, 0.1) is 0 Å². The monoisotopic (exact) mass is 201 g/mol. The molecule has 84 valence electrons. The first-order valence-corrected chi connectivity index (χ1v) is 5.71. The summed E-state index contributed by atoms with van der Waals surface area (Å²) in [6, 6.07) is 0.639. The highest BCUT2D eigenvalue weighted by Crippen LogP contribution is 2.21. The number of nitrogens with one attached hydrogen (secondary N) is 1. The molecule has 0 bridgehead atoms. The average molecular weight is 201 g/mol. The fourth-order valence-corrected chi connectivity index (χ4v) is 1.78. The van der Waals surface area contributed by atoms with E-state index in [2.05, 4.69) is 19.2 Å². The lowest BCUT2D eigenvalue weighted by atomic mass is 10.1. The zero-order valence-corrected chi connectivity index (χ0v) is 9.64. The van der Waals surface area contributed by atoms with Gasteiger partial charge in [0.1, 0.15) is 0 Å². The highest BCUT2D eigenvalue weighted by molar-refractivity contribution is 4.71. The Morgan fingerprint density at radius 1 is 1.21 bits per heavy atom. The summed E-state index contributed by atoms with van der Waals surface area (Å²) in [7, 11) is 0. The van der Waals surface area contributed by atoms with E-state index in [0.717, 1.165) is 26.2 Å². The molecule has 0 aliphatic carbocycles. The maximum atomic E-state index is 5.53. The van der Waals surface area contributed by atoms with E-state index >= 15 is 0 Å². The van der Waals surface area contributed by atoms with Crippen LogP contribution in [-0.4, -0.2) is 31.6 Å². The van der Waals surface area contributed by atoms with Crippen molar-refractivity contribution in [3.05, 3.63) is 0 Å². The van der Waals surface area contributed by atoms with Crippen LogP contribution >= 0.6 is 0 Å². The molecule has 0 spiro atoms. The Balaban J connectivity index is 2.13. The number of ether oxygens (including phenoxy) is 2. The number of hydrogen-bond acceptors (Lipinski definition) is 3. The Morgan fingerprint density at radius 2 is 1.79 bits per heavy atom. The fraction of sp³-hybridized carbons (Fsp3) is 1.00. The molecule has 0 aromatic heterocycles. The van der Waals surface area contributed by atoms with Crippen LogP contribution in [0.15, 0.2) is 0 Å². The molecule has 0 atom stereocenters. The van der Waals surface area contributed by atoms with E-state index in [0.29, 0.717) is 6.04 Å². The van der Waals surface area contributed by atoms with Crippen LogP contribution in [0.3, 0.4) is 0 Å². The standard InChI is InChI=1S/C11H23NO2/c1-4-10(5-2)12-7-6-11(3)13-8-9-14-11/h10,12H,4-9H2,1-3H3. The Hall–Kier alpha value is -0.120. The molecule has 0 radical (unpaired) electrons. The van der Waals surface area contributed by atoms with Crippen molar-refractivity contribution in [1.82, 2.24) is 5.32 Å². The summed E-state index contributed by atoms with van der Waals surface area (Å²) in [5.74, 6) is -0.334. The molecular formula is C11H23NO2. The Bertz CT molecular complexity index is 151. The second-order valence-electron chi connectivity index (χ2n) is 4.05. The number of rotatable bonds is 6. The fourth-order valence-electron chi connectivity index (χ4n) is 1.78. The summed E-state index contributed by atoms with van der Waals surface area (Å²) in [5, 5.41) is 3.51. The van der Waals surface area contributed by atoms with Crippen molar-refractivity contribution < 1.29 is 9.47 Å². The Morgan fingerprint density at radius 3 is 2.29 bits per heavy atom. The molecule has 1 rings (SSSR count). The quantitative estimate of drug-likeness (QED) is 0.712. The predicted molar refractivity (Wildman–Crippen MR) is 57.3 cm³/mol. The Kier molecular flexibility index (Phi) is 4.85. The van der Waals surface area contributed by atoms with Gasteiger partial charge in [-0.15, -0.1) is 0 Å². The van der Waals surface area contributed by atoms with Gasteiger partial charge in [0, 0.05) is 19.0 Å². The second kappa shape index (κ2) is 5.69. The third-order valence-electron chi connectivity index (χ3n) is 2.90. The summed E-state index contributed by atoms with van der Waals surface area (Å²) in [6.45, 7) is 8.90. The van der Waals surface area contributed by atoms with Crippen LogP contribution < -0.4 is 5.32 Å². The second-order valence-corrected chi connectivity index (χ2v) is 4.05. The minimum atomic E-state index is -0.334. The van der Waals surface area contributed by atoms with Crippen molar-refractivity contribution in [2.24, 2.45) is 0 Å². The lowest BCUT2D eigenvalue weighted by molar-refractivity contribution is -0.145. The first-order chi connectivity index (χ1) is 6.70. The molecule has 0 aromatic rings. The van der Waals surface area contributed by atoms with Crippen molar-refractivity contribution in [2.45, 2.75) is 51.9 Å². The van der Waals surface area contributed by atoms with E-state index in [1.54, 1.807) is 0 Å². The first kappa shape index (κ1) is 12.0. The molecule has 0 unspecified atom stereocenters. The molecule has 1 aliphatic rings. The van der Waals surface area contributed by atoms with Gasteiger partial charge >= 0.3 is 0 Å². The van der Waals surface area contributed by atoms with Gasteiger partial charge in [-0.2, -0.15) is 0 Å². The molecule has 3 nitrogen and oxygen atoms in total. The highest BCUT2D eigenvalue weighted by Gasteiger charge is 2.30. The van der Waals surface area contributed by atoms with Crippen molar-refractivity contribution in [3.63, 3.8) is 0 Å². The van der Waals surface area contributed by atoms with Gasteiger partial charge in [0.25, 0.3) is 0 Å². The normalized spacial score (nSPS) is 20.6. The largest absolute Gasteiger partial charge is 0.348 e. The smallest absolute Gasteiger partial charge is 0.166 e. The maximum absolute atomic E-state index is 5.53. The van der Waals surface area contributed by atoms with Crippen molar-refractivity contribution in [1.29, 1.82) is 0 Å². The van der Waals surface area contributed by atoms with Crippen LogP contribution in [0.2, 0.25) is 0 Å². The summed E-state index contributed by atoms with van der Waals surface area (Å²) in [6.07, 6.45) is 3.31. The minimum absolute atomic E-state index is 0.334. The van der Waals surface area contributed by atoms with Crippen molar-refractivity contribution in [2.75, 3.05) is 19.8 Å². The van der Waals surface area contributed by atoms with Gasteiger partial charge in [0.05, 0.1) is 13.2 Å². The zero-order valence-electron chi connectivity index (χ0n) is 9.64. The van der Waals surface area contributed by atoms with E-state index in [9.17, 15) is 0 Å². The van der Waals surface area contributed by atoms with Gasteiger partial charge in [-0.1, -0.05) is 13.8 Å². The van der Waals surface area contributed by atoms with Gasteiger partial charge < -0.3 is 14.8 Å². The van der Waals surface area contributed by atoms with Crippen LogP contribution in [-0.2, 0) is 9.47 Å². The molecule has 0 aromatic carbocycles. The van der Waals surface area contributed by atoms with Crippen molar-refractivity contribution in [3.8, 4) is 0 Å².